The molecular weight excluding hydrogens is 160 g/mol. The van der Waals surface area contributed by atoms with Gasteiger partial charge in [0, 0.05) is 11.5 Å². The summed E-state index contributed by atoms with van der Waals surface area (Å²) in [7, 11) is 0. The highest BCUT2D eigenvalue weighted by Crippen LogP contribution is 2.09. The molecule has 0 bridgehead atoms. The Hall–Kier alpha value is -1.47. The lowest BCUT2D eigenvalue weighted by molar-refractivity contribution is 0.111. The van der Waals surface area contributed by atoms with Crippen LogP contribution in [-0.4, -0.2) is 11.3 Å². The molecule has 0 N–H and O–H groups in total. The Labute approximate surface area is 67.6 Å². The molecule has 1 rings (SSSR count). The van der Waals surface area contributed by atoms with Crippen molar-refractivity contribution in [3.63, 3.8) is 0 Å². The van der Waals surface area contributed by atoms with Crippen molar-refractivity contribution >= 4 is 23.7 Å². The molecular formula is C7H4N2OS. The lowest BCUT2D eigenvalue weighted by Gasteiger charge is -1.75. The smallest absolute Gasteiger partial charge is 0.169 e. The number of hydrogen-bond donors (Lipinski definition) is 0. The third-order valence-electron chi connectivity index (χ3n) is 0.961. The maximum Gasteiger partial charge on any atom is 0.169 e. The maximum atomic E-state index is 10.1. The molecule has 0 saturated heterocycles. The van der Waals surface area contributed by atoms with Gasteiger partial charge in [-0.15, -0.1) is 11.3 Å². The van der Waals surface area contributed by atoms with E-state index in [9.17, 15) is 4.79 Å². The highest BCUT2D eigenvalue weighted by atomic mass is 32.1. The SMILES string of the molecule is N#CC=Cc1nc(C=O)cs1. The lowest BCUT2D eigenvalue weighted by atomic mass is 10.5. The fraction of sp³-hybridized carbons (Fsp3) is 0. The Morgan fingerprint density at radius 3 is 3.09 bits per heavy atom. The van der Waals surface area contributed by atoms with Gasteiger partial charge < -0.3 is 0 Å². The minimum Gasteiger partial charge on any atom is -0.296 e. The number of carbonyl (C=O) groups is 1. The van der Waals surface area contributed by atoms with Gasteiger partial charge in [-0.05, 0) is 6.08 Å². The van der Waals surface area contributed by atoms with Crippen molar-refractivity contribution in [2.75, 3.05) is 0 Å². The standard InChI is InChI=1S/C7H4N2OS/c8-3-1-2-7-9-6(4-10)5-11-7/h1-2,4-5H. The monoisotopic (exact) mass is 164 g/mol. The van der Waals surface area contributed by atoms with Gasteiger partial charge in [-0.3, -0.25) is 4.79 Å². The summed E-state index contributed by atoms with van der Waals surface area (Å²) in [6, 6.07) is 1.84. The Balaban J connectivity index is 2.82. The van der Waals surface area contributed by atoms with E-state index in [4.69, 9.17) is 5.26 Å². The molecule has 0 aliphatic carbocycles. The zero-order valence-corrected chi connectivity index (χ0v) is 6.34. The minimum absolute atomic E-state index is 0.410. The first-order valence-electron chi connectivity index (χ1n) is 2.83. The van der Waals surface area contributed by atoms with Gasteiger partial charge in [-0.25, -0.2) is 4.98 Å². The van der Waals surface area contributed by atoms with Crippen molar-refractivity contribution in [1.82, 2.24) is 4.98 Å². The molecule has 0 fully saturated rings. The molecule has 0 spiro atoms. The highest BCUT2D eigenvalue weighted by Gasteiger charge is 1.94. The summed E-state index contributed by atoms with van der Waals surface area (Å²) in [5.41, 5.74) is 0.410. The van der Waals surface area contributed by atoms with Gasteiger partial charge in [-0.1, -0.05) is 0 Å². The Kier molecular flexibility index (Phi) is 2.53. The van der Waals surface area contributed by atoms with E-state index in [1.807, 2.05) is 6.07 Å². The summed E-state index contributed by atoms with van der Waals surface area (Å²) >= 11 is 1.33. The van der Waals surface area contributed by atoms with Crippen LogP contribution >= 0.6 is 11.3 Å². The molecule has 3 nitrogen and oxygen atoms in total. The van der Waals surface area contributed by atoms with Crippen LogP contribution < -0.4 is 0 Å². The van der Waals surface area contributed by atoms with Crippen LogP contribution in [0.1, 0.15) is 15.5 Å². The molecule has 1 aromatic rings. The second-order valence-electron chi connectivity index (χ2n) is 1.69. The summed E-state index contributed by atoms with van der Waals surface area (Å²) in [5.74, 6) is 0. The molecule has 0 amide bonds. The summed E-state index contributed by atoms with van der Waals surface area (Å²) in [6.45, 7) is 0. The number of thiazole rings is 1. The molecule has 0 aliphatic heterocycles. The summed E-state index contributed by atoms with van der Waals surface area (Å²) < 4.78 is 0. The van der Waals surface area contributed by atoms with Gasteiger partial charge in [0.05, 0.1) is 6.07 Å². The van der Waals surface area contributed by atoms with E-state index < -0.39 is 0 Å². The van der Waals surface area contributed by atoms with Gasteiger partial charge in [-0.2, -0.15) is 5.26 Å². The fourth-order valence-corrected chi connectivity index (χ4v) is 1.19. The zero-order valence-electron chi connectivity index (χ0n) is 5.52. The van der Waals surface area contributed by atoms with E-state index >= 15 is 0 Å². The number of aldehydes is 1. The predicted molar refractivity (Wildman–Crippen MR) is 42.1 cm³/mol. The van der Waals surface area contributed by atoms with Crippen LogP contribution in [0.2, 0.25) is 0 Å². The Morgan fingerprint density at radius 1 is 1.73 bits per heavy atom. The molecule has 0 aromatic carbocycles. The third-order valence-corrected chi connectivity index (χ3v) is 1.79. The normalized spacial score (nSPS) is 9.73. The van der Waals surface area contributed by atoms with Crippen molar-refractivity contribution < 1.29 is 4.79 Å². The fourth-order valence-electron chi connectivity index (χ4n) is 0.540. The summed E-state index contributed by atoms with van der Waals surface area (Å²) in [4.78, 5) is 14.0. The first kappa shape index (κ1) is 7.63. The number of allylic oxidation sites excluding steroid dienone is 1. The summed E-state index contributed by atoms with van der Waals surface area (Å²) in [6.07, 6.45) is 3.57. The number of nitrogens with zero attached hydrogens (tertiary/aromatic N) is 2. The Bertz CT molecular complexity index is 321. The highest BCUT2D eigenvalue weighted by molar-refractivity contribution is 7.10. The molecule has 0 saturated carbocycles. The zero-order chi connectivity index (χ0) is 8.10. The lowest BCUT2D eigenvalue weighted by Crippen LogP contribution is -1.76. The second kappa shape index (κ2) is 3.64. The second-order valence-corrected chi connectivity index (χ2v) is 2.58. The largest absolute Gasteiger partial charge is 0.296 e. The molecule has 1 aromatic heterocycles. The van der Waals surface area contributed by atoms with Crippen molar-refractivity contribution in [1.29, 1.82) is 5.26 Å². The quantitative estimate of drug-likeness (QED) is 0.491. The van der Waals surface area contributed by atoms with Gasteiger partial charge in [0.2, 0.25) is 0 Å². The van der Waals surface area contributed by atoms with Crippen molar-refractivity contribution in [2.45, 2.75) is 0 Å². The molecule has 4 heteroatoms. The number of rotatable bonds is 2. The van der Waals surface area contributed by atoms with Gasteiger partial charge in [0.25, 0.3) is 0 Å². The molecule has 0 aliphatic rings. The van der Waals surface area contributed by atoms with E-state index in [1.165, 1.54) is 17.4 Å². The Morgan fingerprint density at radius 2 is 2.55 bits per heavy atom. The van der Waals surface area contributed by atoms with E-state index in [1.54, 1.807) is 11.5 Å². The molecule has 0 atom stereocenters. The first-order valence-corrected chi connectivity index (χ1v) is 3.71. The van der Waals surface area contributed by atoms with Crippen molar-refractivity contribution in [3.05, 3.63) is 22.2 Å². The van der Waals surface area contributed by atoms with Gasteiger partial charge in [0.1, 0.15) is 10.7 Å². The van der Waals surface area contributed by atoms with E-state index in [0.717, 1.165) is 0 Å². The average Bonchev–Trinajstić information content (AvgIpc) is 2.48. The van der Waals surface area contributed by atoms with Crippen LogP contribution in [0.5, 0.6) is 0 Å². The third kappa shape index (κ3) is 1.99. The van der Waals surface area contributed by atoms with E-state index in [0.29, 0.717) is 17.0 Å². The van der Waals surface area contributed by atoms with Crippen LogP contribution in [0.15, 0.2) is 11.5 Å². The number of carbonyl (C=O) groups excluding carboxylic acids is 1. The molecule has 11 heavy (non-hydrogen) atoms. The molecule has 1 heterocycles. The van der Waals surface area contributed by atoms with Crippen LogP contribution in [0, 0.1) is 11.3 Å². The van der Waals surface area contributed by atoms with E-state index in [-0.39, 0.29) is 0 Å². The van der Waals surface area contributed by atoms with E-state index in [2.05, 4.69) is 4.98 Å². The number of hydrogen-bond acceptors (Lipinski definition) is 4. The van der Waals surface area contributed by atoms with Crippen LogP contribution in [-0.2, 0) is 0 Å². The molecule has 0 radical (unpaired) electrons. The van der Waals surface area contributed by atoms with Crippen LogP contribution in [0.3, 0.4) is 0 Å². The first-order chi connectivity index (χ1) is 5.36. The van der Waals surface area contributed by atoms with Crippen LogP contribution in [0.25, 0.3) is 6.08 Å². The maximum absolute atomic E-state index is 10.1. The van der Waals surface area contributed by atoms with Gasteiger partial charge in [0.15, 0.2) is 6.29 Å². The molecule has 0 unspecified atom stereocenters. The van der Waals surface area contributed by atoms with Crippen molar-refractivity contribution in [3.8, 4) is 6.07 Å². The van der Waals surface area contributed by atoms with Crippen molar-refractivity contribution in [2.24, 2.45) is 0 Å². The van der Waals surface area contributed by atoms with Gasteiger partial charge >= 0.3 is 0 Å². The van der Waals surface area contributed by atoms with Crippen LogP contribution in [0.4, 0.5) is 0 Å². The average molecular weight is 164 g/mol. The number of aromatic nitrogens is 1. The number of nitriles is 1. The molecule has 54 valence electrons. The summed E-state index contributed by atoms with van der Waals surface area (Å²) in [5, 5.41) is 10.5. The predicted octanol–water partition coefficient (Wildman–Crippen LogP) is 1.49. The minimum atomic E-state index is 0.410. The topological polar surface area (TPSA) is 53.8 Å².